The number of nitrogens with zero attached hydrogens (tertiary/aromatic N) is 3. The summed E-state index contributed by atoms with van der Waals surface area (Å²) in [6.45, 7) is 1.50. The molecule has 0 aromatic heterocycles. The zero-order valence-corrected chi connectivity index (χ0v) is 16.4. The van der Waals surface area contributed by atoms with Crippen molar-refractivity contribution in [3.63, 3.8) is 0 Å². The van der Waals surface area contributed by atoms with E-state index in [0.29, 0.717) is 11.3 Å². The minimum Gasteiger partial charge on any atom is -0.444 e. The summed E-state index contributed by atoms with van der Waals surface area (Å²) in [6.07, 6.45) is 0.828. The molecule has 0 saturated carbocycles. The molecule has 1 amide bonds. The smallest absolute Gasteiger partial charge is 0.339 e. The van der Waals surface area contributed by atoms with E-state index in [1.54, 1.807) is 50.5 Å². The zero-order chi connectivity index (χ0) is 21.0. The molecule has 0 bridgehead atoms. The van der Waals surface area contributed by atoms with Gasteiger partial charge < -0.3 is 14.5 Å². The van der Waals surface area contributed by atoms with Crippen LogP contribution in [-0.4, -0.2) is 48.9 Å². The normalized spacial score (nSPS) is 14.3. The molecular formula is C21H23N3O5. The third kappa shape index (κ3) is 4.53. The van der Waals surface area contributed by atoms with Gasteiger partial charge in [-0.1, -0.05) is 30.3 Å². The first-order chi connectivity index (χ1) is 13.9. The molecule has 1 heterocycles. The van der Waals surface area contributed by atoms with Crippen molar-refractivity contribution in [1.29, 1.82) is 0 Å². The monoisotopic (exact) mass is 397 g/mol. The Labute approximate surface area is 168 Å². The van der Waals surface area contributed by atoms with Crippen LogP contribution >= 0.6 is 0 Å². The molecule has 3 rings (SSSR count). The summed E-state index contributed by atoms with van der Waals surface area (Å²) in [6, 6.07) is 13.0. The largest absolute Gasteiger partial charge is 0.444 e. The predicted molar refractivity (Wildman–Crippen MR) is 108 cm³/mol. The van der Waals surface area contributed by atoms with E-state index in [1.165, 1.54) is 17.0 Å². The van der Waals surface area contributed by atoms with Gasteiger partial charge in [-0.3, -0.25) is 14.9 Å². The first-order valence-corrected chi connectivity index (χ1v) is 9.39. The molecule has 1 aliphatic rings. The summed E-state index contributed by atoms with van der Waals surface area (Å²) < 4.78 is 5.48. The molecule has 1 aliphatic heterocycles. The zero-order valence-electron chi connectivity index (χ0n) is 16.4. The third-order valence-corrected chi connectivity index (χ3v) is 4.85. The van der Waals surface area contributed by atoms with E-state index < -0.39 is 22.9 Å². The van der Waals surface area contributed by atoms with Crippen LogP contribution in [0.5, 0.6) is 0 Å². The minimum absolute atomic E-state index is 0.0344. The molecule has 0 radical (unpaired) electrons. The lowest BCUT2D eigenvalue weighted by Crippen LogP contribution is -2.31. The molecule has 8 heteroatoms. The third-order valence-electron chi connectivity index (χ3n) is 4.85. The van der Waals surface area contributed by atoms with E-state index >= 15 is 0 Å². The molecule has 1 fully saturated rings. The van der Waals surface area contributed by atoms with Crippen molar-refractivity contribution in [3.05, 3.63) is 69.8 Å². The highest BCUT2D eigenvalue weighted by molar-refractivity contribution is 5.94. The molecule has 2 aromatic carbocycles. The summed E-state index contributed by atoms with van der Waals surface area (Å²) in [5.74, 6) is -1.18. The van der Waals surface area contributed by atoms with E-state index in [-0.39, 0.29) is 11.3 Å². The van der Waals surface area contributed by atoms with Gasteiger partial charge in [0.05, 0.1) is 10.5 Å². The van der Waals surface area contributed by atoms with E-state index in [1.807, 2.05) is 4.90 Å². The second-order valence-electron chi connectivity index (χ2n) is 7.08. The maximum atomic E-state index is 12.7. The molecule has 152 valence electrons. The molecule has 2 aromatic rings. The lowest BCUT2D eigenvalue weighted by Gasteiger charge is -2.21. The van der Waals surface area contributed by atoms with Crippen LogP contribution in [-0.2, 0) is 9.53 Å². The highest BCUT2D eigenvalue weighted by Crippen LogP contribution is 2.32. The van der Waals surface area contributed by atoms with Gasteiger partial charge >= 0.3 is 5.97 Å². The molecule has 29 heavy (non-hydrogen) atoms. The van der Waals surface area contributed by atoms with Crippen LogP contribution in [0.25, 0.3) is 0 Å². The minimum atomic E-state index is -1.13. The maximum Gasteiger partial charge on any atom is 0.339 e. The Bertz CT molecular complexity index is 908. The second kappa shape index (κ2) is 8.72. The highest BCUT2D eigenvalue weighted by atomic mass is 16.6. The van der Waals surface area contributed by atoms with Gasteiger partial charge in [0.1, 0.15) is 5.69 Å². The Balaban J connectivity index is 1.89. The molecule has 0 spiro atoms. The van der Waals surface area contributed by atoms with Crippen LogP contribution in [0.1, 0.15) is 34.9 Å². The Hall–Kier alpha value is -3.42. The Morgan fingerprint density at radius 2 is 1.76 bits per heavy atom. The first-order valence-electron chi connectivity index (χ1n) is 9.39. The summed E-state index contributed by atoms with van der Waals surface area (Å²) in [5.41, 5.74) is 0.916. The topological polar surface area (TPSA) is 93.0 Å². The number of benzene rings is 2. The van der Waals surface area contributed by atoms with Gasteiger partial charge in [0.15, 0.2) is 0 Å². The van der Waals surface area contributed by atoms with Crippen LogP contribution in [0.2, 0.25) is 0 Å². The first kappa shape index (κ1) is 20.3. The summed E-state index contributed by atoms with van der Waals surface area (Å²) >= 11 is 0. The van der Waals surface area contributed by atoms with Crippen LogP contribution in [0, 0.1) is 10.1 Å². The maximum absolute atomic E-state index is 12.7. The number of rotatable bonds is 6. The van der Waals surface area contributed by atoms with Gasteiger partial charge in [0, 0.05) is 38.8 Å². The van der Waals surface area contributed by atoms with Crippen LogP contribution in [0.4, 0.5) is 11.4 Å². The van der Waals surface area contributed by atoms with Gasteiger partial charge in [-0.05, 0) is 25.0 Å². The number of hydrogen-bond donors (Lipinski definition) is 0. The van der Waals surface area contributed by atoms with Crippen LogP contribution in [0.15, 0.2) is 48.5 Å². The summed E-state index contributed by atoms with van der Waals surface area (Å²) in [4.78, 5) is 39.6. The van der Waals surface area contributed by atoms with Crippen molar-refractivity contribution in [3.8, 4) is 0 Å². The number of carbonyl (C=O) groups is 2. The molecule has 0 N–H and O–H groups in total. The molecular weight excluding hydrogens is 374 g/mol. The lowest BCUT2D eigenvalue weighted by molar-refractivity contribution is -0.384. The second-order valence-corrected chi connectivity index (χ2v) is 7.08. The lowest BCUT2D eigenvalue weighted by atomic mass is 10.1. The van der Waals surface area contributed by atoms with Gasteiger partial charge in [-0.15, -0.1) is 0 Å². The standard InChI is InChI=1S/C21H23N3O5/c1-22(2)20(25)19(15-8-4-3-5-9-15)29-21(26)16-10-11-17(18(14-16)24(27)28)23-12-6-7-13-23/h3-5,8-11,14,19H,6-7,12-13H2,1-2H3/t19-/m0/s1. The molecule has 1 atom stereocenters. The fourth-order valence-electron chi connectivity index (χ4n) is 3.32. The van der Waals surface area contributed by atoms with Crippen molar-refractivity contribution in [2.75, 3.05) is 32.1 Å². The SMILES string of the molecule is CN(C)C(=O)[C@@H](OC(=O)c1ccc(N2CCCC2)c([N+](=O)[O-])c1)c1ccccc1. The number of carbonyl (C=O) groups excluding carboxylic acids is 2. The summed E-state index contributed by atoms with van der Waals surface area (Å²) in [7, 11) is 3.14. The fourth-order valence-corrected chi connectivity index (χ4v) is 3.32. The van der Waals surface area contributed by atoms with Gasteiger partial charge in [-0.25, -0.2) is 4.79 Å². The molecule has 0 aliphatic carbocycles. The molecule has 0 unspecified atom stereocenters. The van der Waals surface area contributed by atoms with Crippen molar-refractivity contribution in [2.24, 2.45) is 0 Å². The number of anilines is 1. The number of likely N-dealkylation sites (N-methyl/N-ethyl adjacent to an activating group) is 1. The average molecular weight is 397 g/mol. The number of hydrogen-bond acceptors (Lipinski definition) is 6. The van der Waals surface area contributed by atoms with Crippen LogP contribution in [0.3, 0.4) is 0 Å². The molecule has 8 nitrogen and oxygen atoms in total. The highest BCUT2D eigenvalue weighted by Gasteiger charge is 2.29. The van der Waals surface area contributed by atoms with Crippen molar-refractivity contribution >= 4 is 23.3 Å². The van der Waals surface area contributed by atoms with Gasteiger partial charge in [0.2, 0.25) is 6.10 Å². The van der Waals surface area contributed by atoms with E-state index in [2.05, 4.69) is 0 Å². The number of esters is 1. The molecule has 1 saturated heterocycles. The number of nitro benzene ring substituents is 1. The van der Waals surface area contributed by atoms with E-state index in [9.17, 15) is 19.7 Å². The average Bonchev–Trinajstić information content (AvgIpc) is 3.26. The van der Waals surface area contributed by atoms with Crippen LogP contribution < -0.4 is 4.90 Å². The van der Waals surface area contributed by atoms with E-state index in [4.69, 9.17) is 4.74 Å². The van der Waals surface area contributed by atoms with Gasteiger partial charge in [0.25, 0.3) is 11.6 Å². The number of nitro groups is 1. The fraction of sp³-hybridized carbons (Fsp3) is 0.333. The van der Waals surface area contributed by atoms with Gasteiger partial charge in [-0.2, -0.15) is 0 Å². The van der Waals surface area contributed by atoms with Crippen molar-refractivity contribution in [1.82, 2.24) is 4.90 Å². The number of amides is 1. The predicted octanol–water partition coefficient (Wildman–Crippen LogP) is 3.18. The Morgan fingerprint density at radius 1 is 1.10 bits per heavy atom. The Morgan fingerprint density at radius 3 is 2.34 bits per heavy atom. The van der Waals surface area contributed by atoms with Crippen molar-refractivity contribution in [2.45, 2.75) is 18.9 Å². The number of ether oxygens (including phenoxy) is 1. The van der Waals surface area contributed by atoms with E-state index in [0.717, 1.165) is 25.9 Å². The quantitative estimate of drug-likeness (QED) is 0.422. The Kier molecular flexibility index (Phi) is 6.11. The summed E-state index contributed by atoms with van der Waals surface area (Å²) in [5, 5.41) is 11.6. The van der Waals surface area contributed by atoms with Crippen molar-refractivity contribution < 1.29 is 19.2 Å².